The molecule has 0 atom stereocenters. The third-order valence-electron chi connectivity index (χ3n) is 20.8. The molecule has 0 aliphatic carbocycles. The Morgan fingerprint density at radius 1 is 0.270 bits per heavy atom. The van der Waals surface area contributed by atoms with E-state index in [0.29, 0.717) is 129 Å². The van der Waals surface area contributed by atoms with Gasteiger partial charge in [0.15, 0.2) is 0 Å². The maximum absolute atomic E-state index is 14.2. The fraction of sp³-hybridized carbons (Fsp3) is 0.333. The minimum Gasteiger partial charge on any atom is -0.341 e. The fourth-order valence-corrected chi connectivity index (χ4v) is 17.3. The normalized spacial score (nSPS) is 12.9. The quantitative estimate of drug-likeness (QED) is 0.0766. The molecule has 14 nitrogen and oxygen atoms in total. The van der Waals surface area contributed by atoms with Crippen LogP contribution in [0.15, 0.2) is 110 Å². The molecule has 16 rings (SSSR count). The predicted octanol–water partition coefficient (Wildman–Crippen LogP) is 16.6. The Balaban J connectivity index is 0.000000152. The van der Waals surface area contributed by atoms with Crippen LogP contribution in [0, 0.1) is 0 Å². The van der Waals surface area contributed by atoms with Crippen LogP contribution in [0.3, 0.4) is 0 Å². The third-order valence-corrected chi connectivity index (χ3v) is 21.4. The molecule has 10 aromatic carbocycles. The van der Waals surface area contributed by atoms with Crippen molar-refractivity contribution in [3.63, 3.8) is 0 Å². The first-order chi connectivity index (χ1) is 43.0. The van der Waals surface area contributed by atoms with Crippen molar-refractivity contribution in [1.82, 2.24) is 27.4 Å². The summed E-state index contributed by atoms with van der Waals surface area (Å²) in [6, 6.07) is 20.5. The van der Waals surface area contributed by atoms with Gasteiger partial charge in [-0.3, -0.25) is 56.6 Å². The maximum Gasteiger partial charge on any atom is 0.261 e. The van der Waals surface area contributed by atoms with Crippen LogP contribution in [0.1, 0.15) is 145 Å². The van der Waals surface area contributed by atoms with Crippen molar-refractivity contribution in [2.75, 3.05) is 0 Å². The summed E-state index contributed by atoms with van der Waals surface area (Å²) in [4.78, 5) is 113. The molecule has 452 valence electrons. The lowest BCUT2D eigenvalue weighted by Gasteiger charge is -2.21. The van der Waals surface area contributed by atoms with Crippen LogP contribution in [0.4, 0.5) is 0 Å². The molecule has 0 saturated carbocycles. The zero-order valence-electron chi connectivity index (χ0n) is 51.3. The van der Waals surface area contributed by atoms with Crippen LogP contribution < -0.4 is 44.5 Å². The Morgan fingerprint density at radius 2 is 0.494 bits per heavy atom. The summed E-state index contributed by atoms with van der Waals surface area (Å²) in [7, 11) is 0. The summed E-state index contributed by atoms with van der Waals surface area (Å²) in [5.41, 5.74) is 1.62. The molecule has 0 amide bonds. The molecular formula is C72H65Br3N6O8. The summed E-state index contributed by atoms with van der Waals surface area (Å²) in [5.74, 6) is 0. The molecule has 0 aliphatic heterocycles. The van der Waals surface area contributed by atoms with E-state index in [2.05, 4.69) is 67.2 Å². The van der Waals surface area contributed by atoms with Gasteiger partial charge in [-0.25, -0.2) is 0 Å². The van der Waals surface area contributed by atoms with Gasteiger partial charge in [0.05, 0.1) is 43.6 Å². The van der Waals surface area contributed by atoms with Gasteiger partial charge < -0.3 is 9.13 Å². The highest BCUT2D eigenvalue weighted by molar-refractivity contribution is 9.93. The van der Waals surface area contributed by atoms with E-state index in [1.54, 1.807) is 0 Å². The van der Waals surface area contributed by atoms with Crippen LogP contribution in [0.25, 0.3) is 151 Å². The molecule has 0 unspecified atom stereocenters. The summed E-state index contributed by atoms with van der Waals surface area (Å²) in [6.07, 6.45) is 5.51. The van der Waals surface area contributed by atoms with E-state index in [-0.39, 0.29) is 68.6 Å². The van der Waals surface area contributed by atoms with Crippen molar-refractivity contribution < 1.29 is 0 Å². The lowest BCUT2D eigenvalue weighted by atomic mass is 9.86. The SMILES string of the molecule is BrBr.CCC(CC)n1c(=O)c2ccc3c4c(Br)cc5c(=O)n(C(CC)CC)c(=O)c6cc7c(c4c56)c4c3c2c(cc4n7CC)c1=O.CCC(CC)n1c(=O)c2ccc3c4ccc5c(=O)n(C(CC)CC)c(=O)c6cc7c(c4c56)c4c3c2c(cc4n7CC)c1=O. The second-order valence-corrected chi connectivity index (χ2v) is 25.2. The number of aryl methyl sites for hydroxylation is 2. The van der Waals surface area contributed by atoms with Gasteiger partial charge in [-0.15, -0.1) is 0 Å². The van der Waals surface area contributed by atoms with Gasteiger partial charge >= 0.3 is 0 Å². The molecule has 89 heavy (non-hydrogen) atoms. The van der Waals surface area contributed by atoms with Crippen molar-refractivity contribution in [3.05, 3.63) is 154 Å². The zero-order valence-corrected chi connectivity index (χ0v) is 56.1. The van der Waals surface area contributed by atoms with E-state index < -0.39 is 0 Å². The Labute approximate surface area is 531 Å². The summed E-state index contributed by atoms with van der Waals surface area (Å²) >= 11 is 9.34. The van der Waals surface area contributed by atoms with Gasteiger partial charge in [0.2, 0.25) is 0 Å². The van der Waals surface area contributed by atoms with E-state index in [1.807, 2.05) is 122 Å². The first-order valence-corrected chi connectivity index (χ1v) is 36.0. The van der Waals surface area contributed by atoms with Crippen molar-refractivity contribution in [3.8, 4) is 0 Å². The molecule has 6 heterocycles. The first-order valence-electron chi connectivity index (χ1n) is 31.5. The molecule has 17 heteroatoms. The first kappa shape index (κ1) is 59.0. The van der Waals surface area contributed by atoms with Gasteiger partial charge in [0.25, 0.3) is 44.5 Å². The summed E-state index contributed by atoms with van der Waals surface area (Å²) < 4.78 is 11.0. The van der Waals surface area contributed by atoms with E-state index in [1.165, 1.54) is 18.3 Å². The predicted molar refractivity (Wildman–Crippen MR) is 381 cm³/mol. The Bertz CT molecular complexity index is 5900. The second-order valence-electron chi connectivity index (χ2n) is 24.3. The number of benzene rings is 10. The van der Waals surface area contributed by atoms with Crippen LogP contribution in [0.2, 0.25) is 0 Å². The highest BCUT2D eigenvalue weighted by Gasteiger charge is 2.33. The fourth-order valence-electron chi connectivity index (χ4n) is 16.7. The van der Waals surface area contributed by atoms with Crippen molar-refractivity contribution in [2.45, 2.75) is 158 Å². The maximum atomic E-state index is 14.2. The number of fused-ring (bicyclic) bond motifs is 2. The Morgan fingerprint density at radius 3 is 0.775 bits per heavy atom. The Hall–Kier alpha value is -7.60. The highest BCUT2D eigenvalue weighted by atomic mass is 80.9. The third kappa shape index (κ3) is 7.34. The lowest BCUT2D eigenvalue weighted by molar-refractivity contribution is 0.451. The molecule has 0 bridgehead atoms. The standard InChI is InChI=1S/C36H32BrN3O4.C36H33N3O4.Br2/c1-6-16(7-2)39-33(41)19-12-11-18-28-23(37)13-20-27-22(36(44)40(34(20)42)17(8-3)9-4)15-25-31(32(27)28)30-24(38(25)10-5)14-21(35(39)43)26(19)29(18)30;1-6-17(7-2)38-33(40)21-13-11-19-20-12-14-22-28-24(36(43)39(34(22)41)18(8-3)9-4)16-26-32(30(20)28)31-25(37(26)10-5)15-23(35(38)42)27(21)29(19)31;1-2/h11-17H,6-10H2,1-5H3;11-18H,6-10H2,1-5H3;. The molecule has 0 spiro atoms. The van der Waals surface area contributed by atoms with Gasteiger partial charge in [0.1, 0.15) is 0 Å². The minimum atomic E-state index is -0.261. The van der Waals surface area contributed by atoms with Crippen LogP contribution >= 0.6 is 44.2 Å². The second kappa shape index (κ2) is 21.3. The van der Waals surface area contributed by atoms with Crippen LogP contribution in [-0.2, 0) is 13.1 Å². The number of halogens is 3. The number of nitrogens with zero attached hydrogens (tertiary/aromatic N) is 6. The van der Waals surface area contributed by atoms with Gasteiger partial charge in [-0.1, -0.05) is 89.5 Å². The number of hydrogen-bond donors (Lipinski definition) is 0. The van der Waals surface area contributed by atoms with Gasteiger partial charge in [-0.05, 0) is 130 Å². The van der Waals surface area contributed by atoms with Gasteiger partial charge in [-0.2, -0.15) is 0 Å². The largest absolute Gasteiger partial charge is 0.341 e. The van der Waals surface area contributed by atoms with E-state index in [4.69, 9.17) is 0 Å². The smallest absolute Gasteiger partial charge is 0.261 e. The average molecular weight is 1380 g/mol. The summed E-state index contributed by atoms with van der Waals surface area (Å²) in [5, 5.41) is 18.3. The lowest BCUT2D eigenvalue weighted by Crippen LogP contribution is -2.36. The molecule has 16 aromatic rings. The molecule has 0 aliphatic rings. The number of aromatic nitrogens is 6. The minimum absolute atomic E-state index is 0.173. The monoisotopic (exact) mass is 1380 g/mol. The van der Waals surface area contributed by atoms with Crippen LogP contribution in [0.5, 0.6) is 0 Å². The van der Waals surface area contributed by atoms with Crippen molar-refractivity contribution >= 4 is 196 Å². The molecule has 0 saturated heterocycles. The molecule has 0 fully saturated rings. The van der Waals surface area contributed by atoms with Crippen molar-refractivity contribution in [2.24, 2.45) is 0 Å². The van der Waals surface area contributed by atoms with E-state index in [0.717, 1.165) is 91.2 Å². The average Bonchev–Trinajstić information content (AvgIpc) is 1.62. The summed E-state index contributed by atoms with van der Waals surface area (Å²) in [6.45, 7) is 21.5. The number of pyridine rings is 4. The van der Waals surface area contributed by atoms with Gasteiger partial charge in [0, 0.05) is 162 Å². The molecular weight excluding hydrogens is 1320 g/mol. The van der Waals surface area contributed by atoms with E-state index >= 15 is 0 Å². The molecule has 6 aromatic heterocycles. The van der Waals surface area contributed by atoms with Crippen molar-refractivity contribution in [1.29, 1.82) is 0 Å². The number of rotatable bonds is 14. The highest BCUT2D eigenvalue weighted by Crippen LogP contribution is 2.53. The van der Waals surface area contributed by atoms with Crippen LogP contribution in [-0.4, -0.2) is 27.4 Å². The van der Waals surface area contributed by atoms with E-state index in [9.17, 15) is 38.4 Å². The topological polar surface area (TPSA) is 166 Å². The molecule has 0 radical (unpaired) electrons. The Kier molecular flexibility index (Phi) is 14.1. The number of hydrogen-bond acceptors (Lipinski definition) is 8. The zero-order chi connectivity index (χ0) is 63.0. The molecule has 0 N–H and O–H groups in total.